The molecule has 3 aliphatic rings. The zero-order valence-corrected chi connectivity index (χ0v) is 10.4. The van der Waals surface area contributed by atoms with Crippen LogP contribution in [0.3, 0.4) is 0 Å². The van der Waals surface area contributed by atoms with Crippen LogP contribution in [0.1, 0.15) is 46.5 Å². The number of allylic oxidation sites excluding steroid dienone is 1. The summed E-state index contributed by atoms with van der Waals surface area (Å²) in [4.78, 5) is 0. The molecule has 0 nitrogen and oxygen atoms in total. The van der Waals surface area contributed by atoms with Gasteiger partial charge in [0.15, 0.2) is 0 Å². The van der Waals surface area contributed by atoms with E-state index in [-0.39, 0.29) is 0 Å². The highest BCUT2D eigenvalue weighted by molar-refractivity contribution is 5.20. The summed E-state index contributed by atoms with van der Waals surface area (Å²) in [5.41, 5.74) is 2.25. The molecule has 0 amide bonds. The van der Waals surface area contributed by atoms with Crippen LogP contribution in [0.25, 0.3) is 0 Å². The van der Waals surface area contributed by atoms with Gasteiger partial charge in [-0.1, -0.05) is 32.9 Å². The van der Waals surface area contributed by atoms with Gasteiger partial charge in [-0.05, 0) is 60.7 Å². The third-order valence-electron chi connectivity index (χ3n) is 5.91. The average molecular weight is 204 g/mol. The van der Waals surface area contributed by atoms with Gasteiger partial charge in [0.25, 0.3) is 0 Å². The van der Waals surface area contributed by atoms with Crippen molar-refractivity contribution in [3.63, 3.8) is 0 Å². The molecule has 0 N–H and O–H groups in total. The van der Waals surface area contributed by atoms with E-state index in [0.29, 0.717) is 5.41 Å². The fourth-order valence-electron chi connectivity index (χ4n) is 4.93. The normalized spacial score (nSPS) is 51.9. The van der Waals surface area contributed by atoms with E-state index in [1.54, 1.807) is 5.57 Å². The summed E-state index contributed by atoms with van der Waals surface area (Å²) >= 11 is 0. The van der Waals surface area contributed by atoms with E-state index < -0.39 is 0 Å². The Bertz CT molecular complexity index is 299. The first kappa shape index (κ1) is 9.93. The fraction of sp³-hybridized carbons (Fsp3) is 0.867. The number of hydrogen-bond acceptors (Lipinski definition) is 0. The van der Waals surface area contributed by atoms with Crippen molar-refractivity contribution in [2.45, 2.75) is 46.5 Å². The van der Waals surface area contributed by atoms with Gasteiger partial charge in [-0.25, -0.2) is 0 Å². The smallest absolute Gasteiger partial charge is 0.0172 e. The van der Waals surface area contributed by atoms with Gasteiger partial charge in [-0.3, -0.25) is 0 Å². The van der Waals surface area contributed by atoms with Crippen molar-refractivity contribution in [3.8, 4) is 0 Å². The van der Waals surface area contributed by atoms with Crippen LogP contribution in [0.15, 0.2) is 12.2 Å². The third kappa shape index (κ3) is 1.20. The highest BCUT2D eigenvalue weighted by Gasteiger charge is 2.64. The SMILES string of the molecule is C=C1CC[C@@H]2[C@H](C3[C@H](C)CC[C@H]13)C2(C)C. The molecule has 0 aromatic carbocycles. The molecule has 0 aliphatic heterocycles. The van der Waals surface area contributed by atoms with Crippen LogP contribution < -0.4 is 0 Å². The Morgan fingerprint density at radius 3 is 2.67 bits per heavy atom. The van der Waals surface area contributed by atoms with Crippen LogP contribution in [0.4, 0.5) is 0 Å². The molecule has 0 aromatic heterocycles. The Hall–Kier alpha value is -0.260. The summed E-state index contributed by atoms with van der Waals surface area (Å²) in [6, 6.07) is 0. The van der Waals surface area contributed by atoms with E-state index in [2.05, 4.69) is 27.4 Å². The Morgan fingerprint density at radius 1 is 1.20 bits per heavy atom. The van der Waals surface area contributed by atoms with E-state index in [4.69, 9.17) is 0 Å². The molecule has 0 heterocycles. The molecule has 5 atom stereocenters. The summed E-state index contributed by atoms with van der Waals surface area (Å²) in [5.74, 6) is 4.87. The van der Waals surface area contributed by atoms with Crippen molar-refractivity contribution in [2.24, 2.45) is 35.0 Å². The highest BCUT2D eigenvalue weighted by atomic mass is 14.7. The molecule has 3 rings (SSSR count). The van der Waals surface area contributed by atoms with Gasteiger partial charge in [0, 0.05) is 0 Å². The van der Waals surface area contributed by atoms with Crippen molar-refractivity contribution in [1.82, 2.24) is 0 Å². The molecule has 3 fully saturated rings. The molecule has 3 aliphatic carbocycles. The monoisotopic (exact) mass is 204 g/mol. The lowest BCUT2D eigenvalue weighted by Gasteiger charge is -2.25. The summed E-state index contributed by atoms with van der Waals surface area (Å²) in [5, 5.41) is 0. The molecule has 0 aromatic rings. The van der Waals surface area contributed by atoms with Crippen molar-refractivity contribution in [3.05, 3.63) is 12.2 Å². The summed E-state index contributed by atoms with van der Waals surface area (Å²) in [6.45, 7) is 11.8. The minimum absolute atomic E-state index is 0.655. The van der Waals surface area contributed by atoms with Crippen LogP contribution >= 0.6 is 0 Å². The molecule has 0 spiro atoms. The van der Waals surface area contributed by atoms with Crippen LogP contribution in [0.2, 0.25) is 0 Å². The van der Waals surface area contributed by atoms with Gasteiger partial charge in [0.05, 0.1) is 0 Å². The average Bonchev–Trinajstić information content (AvgIpc) is 2.55. The summed E-state index contributed by atoms with van der Waals surface area (Å²) in [7, 11) is 0. The van der Waals surface area contributed by atoms with E-state index in [1.807, 2.05) is 0 Å². The topological polar surface area (TPSA) is 0 Å². The molecule has 0 bridgehead atoms. The van der Waals surface area contributed by atoms with Crippen molar-refractivity contribution < 1.29 is 0 Å². The van der Waals surface area contributed by atoms with Crippen molar-refractivity contribution >= 4 is 0 Å². The minimum Gasteiger partial charge on any atom is -0.0996 e. The second kappa shape index (κ2) is 2.90. The van der Waals surface area contributed by atoms with Crippen LogP contribution in [-0.4, -0.2) is 0 Å². The van der Waals surface area contributed by atoms with E-state index in [1.165, 1.54) is 25.7 Å². The first-order chi connectivity index (χ1) is 7.03. The van der Waals surface area contributed by atoms with Crippen LogP contribution in [0, 0.1) is 35.0 Å². The Balaban J connectivity index is 1.93. The van der Waals surface area contributed by atoms with Crippen molar-refractivity contribution in [1.29, 1.82) is 0 Å². The van der Waals surface area contributed by atoms with Crippen LogP contribution in [-0.2, 0) is 0 Å². The molecule has 0 radical (unpaired) electrons. The largest absolute Gasteiger partial charge is 0.0996 e. The third-order valence-corrected chi connectivity index (χ3v) is 5.91. The zero-order valence-electron chi connectivity index (χ0n) is 10.4. The lowest BCUT2D eigenvalue weighted by Crippen LogP contribution is -2.18. The van der Waals surface area contributed by atoms with Gasteiger partial charge < -0.3 is 0 Å². The van der Waals surface area contributed by atoms with Crippen LogP contribution in [0.5, 0.6) is 0 Å². The minimum atomic E-state index is 0.655. The van der Waals surface area contributed by atoms with Gasteiger partial charge in [0.2, 0.25) is 0 Å². The predicted octanol–water partition coefficient (Wildman–Crippen LogP) is 4.27. The number of rotatable bonds is 0. The standard InChI is InChI=1S/C15H24/c1-9-6-8-12-14(15(12,3)4)13-10(2)5-7-11(9)13/h10-14H,1,5-8H2,2-4H3/t10-,11-,12-,13?,14-/m1/s1. The zero-order chi connectivity index (χ0) is 10.8. The molecule has 0 saturated heterocycles. The molecule has 0 heteroatoms. The molecule has 84 valence electrons. The summed E-state index contributed by atoms with van der Waals surface area (Å²) < 4.78 is 0. The second-order valence-corrected chi connectivity index (χ2v) is 6.89. The Kier molecular flexibility index (Phi) is 1.92. The van der Waals surface area contributed by atoms with Gasteiger partial charge in [0.1, 0.15) is 0 Å². The van der Waals surface area contributed by atoms with Gasteiger partial charge in [-0.15, -0.1) is 0 Å². The maximum absolute atomic E-state index is 4.35. The Morgan fingerprint density at radius 2 is 1.93 bits per heavy atom. The highest BCUT2D eigenvalue weighted by Crippen LogP contribution is 2.70. The molecule has 15 heavy (non-hydrogen) atoms. The predicted molar refractivity (Wildman–Crippen MR) is 64.5 cm³/mol. The van der Waals surface area contributed by atoms with Gasteiger partial charge in [-0.2, -0.15) is 0 Å². The lowest BCUT2D eigenvalue weighted by molar-refractivity contribution is 0.280. The van der Waals surface area contributed by atoms with E-state index in [0.717, 1.165) is 29.6 Å². The van der Waals surface area contributed by atoms with Gasteiger partial charge >= 0.3 is 0 Å². The quantitative estimate of drug-likeness (QED) is 0.517. The molecule has 1 unspecified atom stereocenters. The van der Waals surface area contributed by atoms with E-state index >= 15 is 0 Å². The maximum Gasteiger partial charge on any atom is -0.0172 e. The molecular formula is C15H24. The van der Waals surface area contributed by atoms with Crippen molar-refractivity contribution in [2.75, 3.05) is 0 Å². The second-order valence-electron chi connectivity index (χ2n) is 6.89. The lowest BCUT2D eigenvalue weighted by atomic mass is 9.80. The number of fused-ring (bicyclic) bond motifs is 3. The summed E-state index contributed by atoms with van der Waals surface area (Å²) in [6.07, 6.45) is 5.63. The molecular weight excluding hydrogens is 180 g/mol. The maximum atomic E-state index is 4.35. The first-order valence-electron chi connectivity index (χ1n) is 6.71. The van der Waals surface area contributed by atoms with E-state index in [9.17, 15) is 0 Å². The Labute approximate surface area is 94.1 Å². The first-order valence-corrected chi connectivity index (χ1v) is 6.71. The number of hydrogen-bond donors (Lipinski definition) is 0. The fourth-order valence-corrected chi connectivity index (χ4v) is 4.93. The molecule has 3 saturated carbocycles.